The third kappa shape index (κ3) is 3.19. The first-order chi connectivity index (χ1) is 11.3. The molecule has 1 aliphatic carbocycles. The average molecular weight is 329 g/mol. The van der Waals surface area contributed by atoms with E-state index in [1.54, 1.807) is 23.7 Å². The summed E-state index contributed by atoms with van der Waals surface area (Å²) in [6.07, 6.45) is 6.82. The minimum atomic E-state index is 0.121. The van der Waals surface area contributed by atoms with Crippen molar-refractivity contribution in [1.82, 2.24) is 20.1 Å². The van der Waals surface area contributed by atoms with Crippen LogP contribution in [-0.2, 0) is 0 Å². The zero-order valence-corrected chi connectivity index (χ0v) is 13.7. The predicted molar refractivity (Wildman–Crippen MR) is 88.9 cm³/mol. The fourth-order valence-electron chi connectivity index (χ4n) is 2.87. The van der Waals surface area contributed by atoms with E-state index < -0.39 is 0 Å². The Kier molecular flexibility index (Phi) is 3.95. The highest BCUT2D eigenvalue weighted by atomic mass is 32.1. The lowest BCUT2D eigenvalue weighted by atomic mass is 10.3. The summed E-state index contributed by atoms with van der Waals surface area (Å²) in [6.45, 7) is 3.19. The molecule has 0 N–H and O–H groups in total. The number of carbonyl (C=O) groups excluding carboxylic acids is 1. The molecule has 2 aromatic heterocycles. The summed E-state index contributed by atoms with van der Waals surface area (Å²) in [5, 5.41) is 9.23. The van der Waals surface area contributed by atoms with Gasteiger partial charge < -0.3 is 9.80 Å². The third-order valence-corrected chi connectivity index (χ3v) is 5.47. The molecule has 0 radical (unpaired) electrons. The van der Waals surface area contributed by atoms with Crippen LogP contribution in [0.3, 0.4) is 0 Å². The average Bonchev–Trinajstić information content (AvgIpc) is 3.37. The molecule has 1 saturated heterocycles. The van der Waals surface area contributed by atoms with Gasteiger partial charge in [0.25, 0.3) is 5.91 Å². The molecule has 1 aliphatic heterocycles. The maximum Gasteiger partial charge on any atom is 0.265 e. The van der Waals surface area contributed by atoms with Crippen LogP contribution in [0.4, 0.5) is 5.82 Å². The van der Waals surface area contributed by atoms with Crippen molar-refractivity contribution in [2.24, 2.45) is 0 Å². The van der Waals surface area contributed by atoms with Crippen LogP contribution in [0.25, 0.3) is 0 Å². The highest BCUT2D eigenvalue weighted by Crippen LogP contribution is 2.41. The van der Waals surface area contributed by atoms with Crippen LogP contribution in [0.5, 0.6) is 0 Å². The molecule has 3 heterocycles. The van der Waals surface area contributed by atoms with Gasteiger partial charge in [0.05, 0.1) is 11.2 Å². The molecule has 0 atom stereocenters. The molecule has 2 aromatic rings. The van der Waals surface area contributed by atoms with Gasteiger partial charge in [-0.15, -0.1) is 16.4 Å². The maximum absolute atomic E-state index is 12.7. The maximum atomic E-state index is 12.7. The van der Waals surface area contributed by atoms with Crippen molar-refractivity contribution in [3.05, 3.63) is 34.4 Å². The van der Waals surface area contributed by atoms with Crippen LogP contribution >= 0.6 is 11.3 Å². The van der Waals surface area contributed by atoms with Crippen molar-refractivity contribution < 1.29 is 4.79 Å². The minimum Gasteiger partial charge on any atom is -0.353 e. The zero-order valence-electron chi connectivity index (χ0n) is 12.9. The Morgan fingerprint density at radius 2 is 2.13 bits per heavy atom. The van der Waals surface area contributed by atoms with Crippen LogP contribution in [-0.4, -0.2) is 52.2 Å². The highest BCUT2D eigenvalue weighted by Gasteiger charge is 2.29. The summed E-state index contributed by atoms with van der Waals surface area (Å²) in [7, 11) is 0. The van der Waals surface area contributed by atoms with E-state index in [0.29, 0.717) is 12.5 Å². The van der Waals surface area contributed by atoms with Gasteiger partial charge >= 0.3 is 0 Å². The Hall–Kier alpha value is -2.02. The molecule has 2 fully saturated rings. The van der Waals surface area contributed by atoms with E-state index in [0.717, 1.165) is 41.8 Å². The molecule has 0 spiro atoms. The standard InChI is InChI=1S/C16H19N5OS/c22-16(13-11-17-15(23-13)12-4-5-12)21-8-2-7-20(9-10-21)14-3-1-6-18-19-14/h1,3,6,11-12H,2,4-5,7-10H2. The summed E-state index contributed by atoms with van der Waals surface area (Å²) in [5.74, 6) is 1.61. The Morgan fingerprint density at radius 3 is 2.91 bits per heavy atom. The van der Waals surface area contributed by atoms with Gasteiger partial charge in [0, 0.05) is 38.3 Å². The molecule has 0 bridgehead atoms. The van der Waals surface area contributed by atoms with E-state index in [1.807, 2.05) is 17.0 Å². The summed E-state index contributed by atoms with van der Waals surface area (Å²) in [4.78, 5) is 22.0. The lowest BCUT2D eigenvalue weighted by molar-refractivity contribution is 0.0771. The summed E-state index contributed by atoms with van der Waals surface area (Å²) in [6, 6.07) is 3.86. The molecule has 2 aliphatic rings. The molecule has 1 amide bonds. The largest absolute Gasteiger partial charge is 0.353 e. The van der Waals surface area contributed by atoms with E-state index in [4.69, 9.17) is 0 Å². The number of rotatable bonds is 3. The minimum absolute atomic E-state index is 0.121. The molecule has 120 valence electrons. The van der Waals surface area contributed by atoms with Gasteiger partial charge in [-0.05, 0) is 31.4 Å². The molecule has 4 rings (SSSR count). The van der Waals surface area contributed by atoms with Gasteiger partial charge in [-0.3, -0.25) is 4.79 Å². The molecule has 6 nitrogen and oxygen atoms in total. The Balaban J connectivity index is 1.42. The summed E-state index contributed by atoms with van der Waals surface area (Å²) in [5.41, 5.74) is 0. The van der Waals surface area contributed by atoms with E-state index in [2.05, 4.69) is 20.1 Å². The lowest BCUT2D eigenvalue weighted by Gasteiger charge is -2.21. The molecule has 1 saturated carbocycles. The predicted octanol–water partition coefficient (Wildman–Crippen LogP) is 2.16. The van der Waals surface area contributed by atoms with Crippen molar-refractivity contribution in [1.29, 1.82) is 0 Å². The van der Waals surface area contributed by atoms with Gasteiger partial charge in [-0.1, -0.05) is 0 Å². The van der Waals surface area contributed by atoms with Crippen LogP contribution in [0.1, 0.15) is 39.9 Å². The molecule has 7 heteroatoms. The van der Waals surface area contributed by atoms with Crippen molar-refractivity contribution in [3.8, 4) is 0 Å². The van der Waals surface area contributed by atoms with Gasteiger partial charge in [-0.2, -0.15) is 5.10 Å². The summed E-state index contributed by atoms with van der Waals surface area (Å²) >= 11 is 1.57. The number of thiazole rings is 1. The SMILES string of the molecule is O=C(c1cnc(C2CC2)s1)N1CCCN(c2cccnn2)CC1. The van der Waals surface area contributed by atoms with Crippen molar-refractivity contribution in [3.63, 3.8) is 0 Å². The lowest BCUT2D eigenvalue weighted by Crippen LogP contribution is -2.35. The van der Waals surface area contributed by atoms with Crippen molar-refractivity contribution >= 4 is 23.1 Å². The van der Waals surface area contributed by atoms with E-state index in [9.17, 15) is 4.79 Å². The molecular formula is C16H19N5OS. The van der Waals surface area contributed by atoms with Gasteiger partial charge in [0.2, 0.25) is 0 Å². The number of anilines is 1. The number of hydrogen-bond acceptors (Lipinski definition) is 6. The molecular weight excluding hydrogens is 310 g/mol. The normalized spacial score (nSPS) is 18.8. The number of amides is 1. The number of carbonyl (C=O) groups is 1. The van der Waals surface area contributed by atoms with Gasteiger partial charge in [0.1, 0.15) is 4.88 Å². The van der Waals surface area contributed by atoms with Crippen LogP contribution < -0.4 is 4.90 Å². The van der Waals surface area contributed by atoms with Gasteiger partial charge in [-0.25, -0.2) is 4.98 Å². The Morgan fingerprint density at radius 1 is 1.22 bits per heavy atom. The Labute approximate surface area is 139 Å². The quantitative estimate of drug-likeness (QED) is 0.863. The molecule has 0 unspecified atom stereocenters. The first-order valence-corrected chi connectivity index (χ1v) is 8.90. The van der Waals surface area contributed by atoms with Crippen molar-refractivity contribution in [2.75, 3.05) is 31.1 Å². The second kappa shape index (κ2) is 6.23. The van der Waals surface area contributed by atoms with Crippen LogP contribution in [0.2, 0.25) is 0 Å². The van der Waals surface area contributed by atoms with E-state index in [1.165, 1.54) is 12.8 Å². The Bertz CT molecular complexity index is 685. The monoisotopic (exact) mass is 329 g/mol. The second-order valence-corrected chi connectivity index (χ2v) is 7.11. The summed E-state index contributed by atoms with van der Waals surface area (Å²) < 4.78 is 0. The zero-order chi connectivity index (χ0) is 15.6. The smallest absolute Gasteiger partial charge is 0.265 e. The van der Waals surface area contributed by atoms with Crippen molar-refractivity contribution in [2.45, 2.75) is 25.2 Å². The molecule has 0 aromatic carbocycles. The third-order valence-electron chi connectivity index (χ3n) is 4.33. The van der Waals surface area contributed by atoms with Gasteiger partial charge in [0.15, 0.2) is 5.82 Å². The topological polar surface area (TPSA) is 62.2 Å². The van der Waals surface area contributed by atoms with Crippen LogP contribution in [0.15, 0.2) is 24.5 Å². The first kappa shape index (κ1) is 14.6. The molecule has 23 heavy (non-hydrogen) atoms. The fourth-order valence-corrected chi connectivity index (χ4v) is 3.93. The van der Waals surface area contributed by atoms with E-state index >= 15 is 0 Å². The fraction of sp³-hybridized carbons (Fsp3) is 0.500. The number of hydrogen-bond donors (Lipinski definition) is 0. The van der Waals surface area contributed by atoms with Crippen LogP contribution in [0, 0.1) is 0 Å². The second-order valence-electron chi connectivity index (χ2n) is 6.05. The number of aromatic nitrogens is 3. The van der Waals surface area contributed by atoms with E-state index in [-0.39, 0.29) is 5.91 Å². The number of nitrogens with zero attached hydrogens (tertiary/aromatic N) is 5. The first-order valence-electron chi connectivity index (χ1n) is 8.09. The highest BCUT2D eigenvalue weighted by molar-refractivity contribution is 7.13.